The molecule has 3 aromatic rings. The molecular formula is C22H22F2N6O. The number of halogens is 2. The average Bonchev–Trinajstić information content (AvgIpc) is 3.38. The number of imidazole rings is 1. The molecule has 0 spiro atoms. The van der Waals surface area contributed by atoms with Crippen molar-refractivity contribution >= 4 is 5.57 Å². The molecule has 1 unspecified atom stereocenters. The zero-order valence-electron chi connectivity index (χ0n) is 16.9. The van der Waals surface area contributed by atoms with Gasteiger partial charge in [-0.2, -0.15) is 0 Å². The Morgan fingerprint density at radius 1 is 1.32 bits per heavy atom. The quantitative estimate of drug-likeness (QED) is 0.668. The first-order chi connectivity index (χ1) is 14.9. The first-order valence-electron chi connectivity index (χ1n) is 10.1. The van der Waals surface area contributed by atoms with Gasteiger partial charge in [-0.3, -0.25) is 0 Å². The Labute approximate surface area is 177 Å². The van der Waals surface area contributed by atoms with Crippen LogP contribution in [0.4, 0.5) is 8.78 Å². The molecule has 7 nitrogen and oxygen atoms in total. The van der Waals surface area contributed by atoms with Gasteiger partial charge in [0.15, 0.2) is 5.82 Å². The van der Waals surface area contributed by atoms with E-state index in [1.54, 1.807) is 42.3 Å². The van der Waals surface area contributed by atoms with Gasteiger partial charge in [0.1, 0.15) is 23.8 Å². The Kier molecular flexibility index (Phi) is 4.58. The zero-order valence-corrected chi connectivity index (χ0v) is 16.9. The number of rotatable bonds is 4. The van der Waals surface area contributed by atoms with Crippen LogP contribution in [0.2, 0.25) is 0 Å². The molecule has 0 radical (unpaired) electrons. The maximum atomic E-state index is 15.0. The second-order valence-corrected chi connectivity index (χ2v) is 8.49. The Balaban J connectivity index is 1.37. The van der Waals surface area contributed by atoms with Gasteiger partial charge in [0.2, 0.25) is 0 Å². The van der Waals surface area contributed by atoms with Gasteiger partial charge in [0.05, 0.1) is 18.2 Å². The summed E-state index contributed by atoms with van der Waals surface area (Å²) in [4.78, 5) is 8.30. The summed E-state index contributed by atoms with van der Waals surface area (Å²) in [5.74, 6) is -0.326. The molecule has 0 saturated carbocycles. The van der Waals surface area contributed by atoms with Crippen molar-refractivity contribution in [2.75, 3.05) is 0 Å². The number of nitrogens with one attached hydrogen (secondary N) is 1. The molecule has 5 rings (SSSR count). The summed E-state index contributed by atoms with van der Waals surface area (Å²) in [7, 11) is 0. The number of allylic oxidation sites excluding steroid dienone is 1. The number of piperidine rings is 1. The van der Waals surface area contributed by atoms with Crippen molar-refractivity contribution in [3.63, 3.8) is 0 Å². The predicted octanol–water partition coefficient (Wildman–Crippen LogP) is 3.26. The Morgan fingerprint density at radius 3 is 2.84 bits per heavy atom. The molecular weight excluding hydrogens is 402 g/mol. The lowest BCUT2D eigenvalue weighted by molar-refractivity contribution is 0.116. The molecule has 0 aliphatic carbocycles. The fourth-order valence-electron chi connectivity index (χ4n) is 4.64. The van der Waals surface area contributed by atoms with E-state index in [0.29, 0.717) is 16.8 Å². The summed E-state index contributed by atoms with van der Waals surface area (Å²) in [6.45, 7) is 5.78. The van der Waals surface area contributed by atoms with Gasteiger partial charge >= 0.3 is 0 Å². The Bertz CT molecular complexity index is 1120. The van der Waals surface area contributed by atoms with Crippen LogP contribution in [-0.2, 0) is 0 Å². The van der Waals surface area contributed by atoms with Crippen molar-refractivity contribution < 1.29 is 13.9 Å². The van der Waals surface area contributed by atoms with Crippen LogP contribution in [0.1, 0.15) is 25.6 Å². The van der Waals surface area contributed by atoms with Crippen LogP contribution in [-0.4, -0.2) is 53.8 Å². The summed E-state index contributed by atoms with van der Waals surface area (Å²) in [5.41, 5.74) is 1.25. The van der Waals surface area contributed by atoms with Crippen molar-refractivity contribution in [1.29, 1.82) is 0 Å². The molecule has 2 aliphatic heterocycles. The monoisotopic (exact) mass is 424 g/mol. The highest BCUT2D eigenvalue weighted by Crippen LogP contribution is 2.45. The molecule has 160 valence electrons. The molecule has 2 bridgehead atoms. The third-order valence-electron chi connectivity index (χ3n) is 6.44. The van der Waals surface area contributed by atoms with E-state index in [1.807, 2.05) is 6.07 Å². The first-order valence-corrected chi connectivity index (χ1v) is 10.1. The molecule has 2 aromatic heterocycles. The van der Waals surface area contributed by atoms with Crippen LogP contribution in [0.5, 0.6) is 5.75 Å². The van der Waals surface area contributed by atoms with Crippen molar-refractivity contribution in [2.45, 2.75) is 43.7 Å². The fraction of sp³-hybridized carbons (Fsp3) is 0.364. The summed E-state index contributed by atoms with van der Waals surface area (Å²) in [6.07, 6.45) is 4.62. The second-order valence-electron chi connectivity index (χ2n) is 8.49. The molecule has 4 heterocycles. The van der Waals surface area contributed by atoms with Crippen molar-refractivity contribution in [2.24, 2.45) is 5.92 Å². The van der Waals surface area contributed by atoms with Crippen LogP contribution in [0.25, 0.3) is 22.5 Å². The van der Waals surface area contributed by atoms with Crippen LogP contribution < -0.4 is 5.32 Å². The highest BCUT2D eigenvalue weighted by atomic mass is 19.1. The summed E-state index contributed by atoms with van der Waals surface area (Å²) < 4.78 is 31.1. The van der Waals surface area contributed by atoms with Crippen LogP contribution >= 0.6 is 0 Å². The fourth-order valence-corrected chi connectivity index (χ4v) is 4.64. The molecule has 2 N–H and O–H groups in total. The molecule has 2 fully saturated rings. The average molecular weight is 424 g/mol. The van der Waals surface area contributed by atoms with Gasteiger partial charge in [0, 0.05) is 41.5 Å². The number of nitrogens with zero attached hydrogens (tertiary/aromatic N) is 5. The highest BCUT2D eigenvalue weighted by molar-refractivity contribution is 5.68. The Morgan fingerprint density at radius 2 is 2.16 bits per heavy atom. The van der Waals surface area contributed by atoms with Crippen molar-refractivity contribution in [3.05, 3.63) is 55.5 Å². The van der Waals surface area contributed by atoms with E-state index in [-0.39, 0.29) is 24.4 Å². The van der Waals surface area contributed by atoms with Gasteiger partial charge in [-0.25, -0.2) is 18.7 Å². The zero-order chi connectivity index (χ0) is 21.8. The number of alkyl halides is 2. The van der Waals surface area contributed by atoms with Gasteiger partial charge < -0.3 is 15.0 Å². The molecule has 2 saturated heterocycles. The normalized spacial score (nSPS) is 29.8. The van der Waals surface area contributed by atoms with E-state index < -0.39 is 29.8 Å². The van der Waals surface area contributed by atoms with Crippen LogP contribution in [0, 0.1) is 5.92 Å². The molecule has 2 aliphatic rings. The summed E-state index contributed by atoms with van der Waals surface area (Å²) in [6, 6.07) is 4.60. The second kappa shape index (κ2) is 7.19. The van der Waals surface area contributed by atoms with E-state index in [0.717, 1.165) is 5.69 Å². The lowest BCUT2D eigenvalue weighted by Crippen LogP contribution is -2.55. The van der Waals surface area contributed by atoms with E-state index in [1.165, 1.54) is 6.20 Å². The third kappa shape index (κ3) is 3.29. The molecule has 9 heteroatoms. The lowest BCUT2D eigenvalue weighted by atomic mass is 9.79. The molecule has 0 amide bonds. The summed E-state index contributed by atoms with van der Waals surface area (Å²) >= 11 is 0. The minimum atomic E-state index is -1.26. The van der Waals surface area contributed by atoms with Gasteiger partial charge in [-0.1, -0.05) is 6.58 Å². The predicted molar refractivity (Wildman–Crippen MR) is 111 cm³/mol. The van der Waals surface area contributed by atoms with Gasteiger partial charge in [0.25, 0.3) is 0 Å². The molecule has 1 aromatic carbocycles. The lowest BCUT2D eigenvalue weighted by Gasteiger charge is -2.39. The smallest absolute Gasteiger partial charge is 0.177 e. The van der Waals surface area contributed by atoms with Crippen molar-refractivity contribution in [3.8, 4) is 22.7 Å². The number of phenols is 1. The maximum Gasteiger partial charge on any atom is 0.177 e. The van der Waals surface area contributed by atoms with Crippen LogP contribution in [0.15, 0.2) is 49.7 Å². The first kappa shape index (κ1) is 19.7. The number of fused-ring (bicyclic) bond motifs is 2. The number of hydrogen-bond acceptors (Lipinski definition) is 6. The maximum absolute atomic E-state index is 15.0. The summed E-state index contributed by atoms with van der Waals surface area (Å²) in [5, 5.41) is 21.8. The minimum absolute atomic E-state index is 0.0227. The largest absolute Gasteiger partial charge is 0.507 e. The number of phenolic OH excluding ortho intramolecular Hbond substituents is 1. The number of benzene rings is 1. The Hall–Kier alpha value is -3.20. The highest BCUT2D eigenvalue weighted by Gasteiger charge is 2.55. The number of aromatic nitrogens is 5. The van der Waals surface area contributed by atoms with E-state index in [9.17, 15) is 13.9 Å². The van der Waals surface area contributed by atoms with E-state index >= 15 is 0 Å². The van der Waals surface area contributed by atoms with E-state index in [4.69, 9.17) is 0 Å². The third-order valence-corrected chi connectivity index (χ3v) is 6.44. The number of aromatic hydroxyl groups is 1. The standard InChI is InChI=1S/C22H22F2N6O/c1-12(15-9-22(2)19(23)8-16(27-22)20(15)24)21-26-10-17(28-29-21)14-4-3-13(7-18(14)31)30-6-5-25-11-30/h3-7,10-11,15-16,19-20,27,31H,1,8-9H2,2H3/t15-,16?,19-,20-,22-/m0/s1. The van der Waals surface area contributed by atoms with Gasteiger partial charge in [-0.05, 0) is 37.5 Å². The minimum Gasteiger partial charge on any atom is -0.507 e. The van der Waals surface area contributed by atoms with Crippen molar-refractivity contribution in [1.82, 2.24) is 30.0 Å². The topological polar surface area (TPSA) is 88.8 Å². The SMILES string of the molecule is C=C(c1ncc(-c2ccc(-n3ccnc3)cc2O)nn1)[C@@H]1C[C@]2(C)NC(C[C@@H]2F)[C@H]1F. The molecule has 31 heavy (non-hydrogen) atoms. The van der Waals surface area contributed by atoms with Crippen LogP contribution in [0.3, 0.4) is 0 Å². The molecule has 5 atom stereocenters. The number of hydrogen-bond donors (Lipinski definition) is 2. The van der Waals surface area contributed by atoms with Gasteiger partial charge in [-0.15, -0.1) is 10.2 Å². The van der Waals surface area contributed by atoms with E-state index in [2.05, 4.69) is 32.1 Å².